The molecule has 2 unspecified atom stereocenters. The van der Waals surface area contributed by atoms with E-state index in [1.807, 2.05) is 30.3 Å². The van der Waals surface area contributed by atoms with Crippen LogP contribution in [0.3, 0.4) is 0 Å². The molecule has 0 fully saturated rings. The molecular weight excluding hydrogens is 505 g/mol. The molecule has 4 nitrogen and oxygen atoms in total. The van der Waals surface area contributed by atoms with Crippen LogP contribution in [0.15, 0.2) is 78.0 Å². The monoisotopic (exact) mass is 525 g/mol. The number of hydrogen-bond donors (Lipinski definition) is 0. The number of nitrogens with zero attached hydrogens (tertiary/aromatic N) is 1. The highest BCUT2D eigenvalue weighted by molar-refractivity contribution is 6.36. The third-order valence-corrected chi connectivity index (χ3v) is 7.70. The average molecular weight is 527 g/mol. The third kappa shape index (κ3) is 4.35. The maximum absolute atomic E-state index is 13.7. The largest absolute Gasteiger partial charge is 0.495 e. The van der Waals surface area contributed by atoms with Crippen molar-refractivity contribution in [1.29, 1.82) is 0 Å². The minimum atomic E-state index is -0.507. The Labute approximate surface area is 219 Å². The van der Waals surface area contributed by atoms with Gasteiger partial charge in [-0.2, -0.15) is 0 Å². The van der Waals surface area contributed by atoms with Gasteiger partial charge in [-0.3, -0.25) is 14.5 Å². The van der Waals surface area contributed by atoms with Gasteiger partial charge in [0, 0.05) is 40.1 Å². The topological polar surface area (TPSA) is 46.6 Å². The summed E-state index contributed by atoms with van der Waals surface area (Å²) in [5, 5.41) is 1.28. The summed E-state index contributed by atoms with van der Waals surface area (Å²) in [6.07, 6.45) is 0.958. The number of hydrogen-bond acceptors (Lipinski definition) is 3. The van der Waals surface area contributed by atoms with E-state index < -0.39 is 5.92 Å². The number of amides is 1. The highest BCUT2D eigenvalue weighted by atomic mass is 35.5. The van der Waals surface area contributed by atoms with Gasteiger partial charge in [0.1, 0.15) is 5.75 Å². The lowest BCUT2D eigenvalue weighted by atomic mass is 9.72. The lowest BCUT2D eigenvalue weighted by Crippen LogP contribution is -2.42. The van der Waals surface area contributed by atoms with Crippen LogP contribution >= 0.6 is 34.8 Å². The minimum absolute atomic E-state index is 0.00167. The number of benzene rings is 3. The Morgan fingerprint density at radius 1 is 0.829 bits per heavy atom. The number of allylic oxidation sites excluding steroid dienone is 2. The SMILES string of the molecule is COc1ccc(N2C(=O)CC(c3c(Cl)cccc3Cl)C3=C2CC(c2ccccc2)CC3=O)cc1Cl. The Balaban J connectivity index is 1.69. The number of anilines is 1. The molecule has 0 saturated carbocycles. The van der Waals surface area contributed by atoms with Gasteiger partial charge in [-0.05, 0) is 53.8 Å². The predicted octanol–water partition coefficient (Wildman–Crippen LogP) is 7.58. The van der Waals surface area contributed by atoms with E-state index in [0.717, 1.165) is 5.56 Å². The van der Waals surface area contributed by atoms with Crippen molar-refractivity contribution in [2.45, 2.75) is 31.1 Å². The van der Waals surface area contributed by atoms with E-state index in [2.05, 4.69) is 0 Å². The second-order valence-corrected chi connectivity index (χ2v) is 9.96. The number of ether oxygens (including phenoxy) is 1. The van der Waals surface area contributed by atoms with Gasteiger partial charge in [0.25, 0.3) is 0 Å². The van der Waals surface area contributed by atoms with Crippen LogP contribution in [0, 0.1) is 0 Å². The van der Waals surface area contributed by atoms with Crippen molar-refractivity contribution in [2.24, 2.45) is 0 Å². The van der Waals surface area contributed by atoms with Crippen molar-refractivity contribution in [1.82, 2.24) is 0 Å². The van der Waals surface area contributed by atoms with Gasteiger partial charge >= 0.3 is 0 Å². The Bertz CT molecular complexity index is 1330. The van der Waals surface area contributed by atoms with Gasteiger partial charge in [0.15, 0.2) is 5.78 Å². The summed E-state index contributed by atoms with van der Waals surface area (Å²) in [5.41, 5.74) is 3.55. The molecule has 7 heteroatoms. The Hall–Kier alpha value is -2.79. The van der Waals surface area contributed by atoms with Crippen LogP contribution in [0.5, 0.6) is 5.75 Å². The number of carbonyl (C=O) groups is 2. The van der Waals surface area contributed by atoms with E-state index in [1.54, 1.807) is 41.3 Å². The number of rotatable bonds is 4. The van der Waals surface area contributed by atoms with Crippen molar-refractivity contribution < 1.29 is 14.3 Å². The summed E-state index contributed by atoms with van der Waals surface area (Å²) in [6.45, 7) is 0. The van der Waals surface area contributed by atoms with E-state index >= 15 is 0 Å². The van der Waals surface area contributed by atoms with Crippen LogP contribution in [0.2, 0.25) is 15.1 Å². The normalized spacial score (nSPS) is 20.2. The highest BCUT2D eigenvalue weighted by Crippen LogP contribution is 2.49. The van der Waals surface area contributed by atoms with E-state index in [4.69, 9.17) is 39.5 Å². The molecule has 1 heterocycles. The highest BCUT2D eigenvalue weighted by Gasteiger charge is 2.43. The average Bonchev–Trinajstić information content (AvgIpc) is 2.84. The molecule has 178 valence electrons. The van der Waals surface area contributed by atoms with Gasteiger partial charge in [-0.15, -0.1) is 0 Å². The quantitative estimate of drug-likeness (QED) is 0.352. The molecule has 0 radical (unpaired) electrons. The molecule has 3 aromatic carbocycles. The van der Waals surface area contributed by atoms with Gasteiger partial charge < -0.3 is 4.74 Å². The molecule has 2 aliphatic rings. The zero-order valence-electron chi connectivity index (χ0n) is 18.9. The van der Waals surface area contributed by atoms with E-state index in [9.17, 15) is 9.59 Å². The standard InChI is InChI=1S/C28H22Cl3NO3/c1-35-25-11-10-18(14-22(25)31)32-23-12-17(16-6-3-2-4-7-16)13-24(33)28(23)19(15-26(32)34)27-20(29)8-5-9-21(27)30/h2-11,14,17,19H,12-13,15H2,1H3. The van der Waals surface area contributed by atoms with Crippen LogP contribution in [0.4, 0.5) is 5.69 Å². The zero-order valence-corrected chi connectivity index (χ0v) is 21.2. The molecule has 0 aromatic heterocycles. The second-order valence-electron chi connectivity index (χ2n) is 8.74. The van der Waals surface area contributed by atoms with Crippen LogP contribution in [0.1, 0.15) is 42.2 Å². The summed E-state index contributed by atoms with van der Waals surface area (Å²) < 4.78 is 5.28. The molecule has 1 aliphatic carbocycles. The van der Waals surface area contributed by atoms with E-state index in [1.165, 1.54) is 7.11 Å². The van der Waals surface area contributed by atoms with Crippen LogP contribution < -0.4 is 9.64 Å². The van der Waals surface area contributed by atoms with Crippen LogP contribution in [0.25, 0.3) is 0 Å². The van der Waals surface area contributed by atoms with Crippen molar-refractivity contribution in [3.8, 4) is 5.75 Å². The lowest BCUT2D eigenvalue weighted by molar-refractivity contribution is -0.120. The first-order valence-corrected chi connectivity index (χ1v) is 12.4. The number of carbonyl (C=O) groups excluding carboxylic acids is 2. The molecule has 0 saturated heterocycles. The lowest BCUT2D eigenvalue weighted by Gasteiger charge is -2.41. The number of methoxy groups -OCH3 is 1. The maximum Gasteiger partial charge on any atom is 0.232 e. The first-order chi connectivity index (χ1) is 16.9. The predicted molar refractivity (Wildman–Crippen MR) is 140 cm³/mol. The van der Waals surface area contributed by atoms with E-state index in [-0.39, 0.29) is 24.0 Å². The maximum atomic E-state index is 13.7. The summed E-state index contributed by atoms with van der Waals surface area (Å²) in [6, 6.07) is 20.4. The van der Waals surface area contributed by atoms with Gasteiger partial charge in [0.2, 0.25) is 5.91 Å². The van der Waals surface area contributed by atoms with Crippen molar-refractivity contribution in [3.05, 3.63) is 104 Å². The Kier molecular flexibility index (Phi) is 6.63. The summed E-state index contributed by atoms with van der Waals surface area (Å²) in [7, 11) is 1.54. The third-order valence-electron chi connectivity index (χ3n) is 6.74. The molecule has 0 N–H and O–H groups in total. The molecule has 0 bridgehead atoms. The van der Waals surface area contributed by atoms with Gasteiger partial charge in [-0.25, -0.2) is 0 Å². The number of halogens is 3. The fraction of sp³-hybridized carbons (Fsp3) is 0.214. The first-order valence-electron chi connectivity index (χ1n) is 11.3. The second kappa shape index (κ2) is 9.69. The van der Waals surface area contributed by atoms with Crippen molar-refractivity contribution in [3.63, 3.8) is 0 Å². The van der Waals surface area contributed by atoms with Crippen molar-refractivity contribution in [2.75, 3.05) is 12.0 Å². The first kappa shape index (κ1) is 23.9. The molecule has 5 rings (SSSR count). The fourth-order valence-corrected chi connectivity index (χ4v) is 6.09. The number of ketones is 1. The molecule has 0 spiro atoms. The van der Waals surface area contributed by atoms with Gasteiger partial charge in [-0.1, -0.05) is 71.2 Å². The van der Waals surface area contributed by atoms with E-state index in [0.29, 0.717) is 56.2 Å². The summed E-state index contributed by atoms with van der Waals surface area (Å²) >= 11 is 19.5. The molecule has 2 atom stereocenters. The molecule has 35 heavy (non-hydrogen) atoms. The smallest absolute Gasteiger partial charge is 0.232 e. The molecular formula is C28H22Cl3NO3. The van der Waals surface area contributed by atoms with Crippen molar-refractivity contribution >= 4 is 52.2 Å². The number of Topliss-reactive ketones (excluding diaryl/α,β-unsaturated/α-hetero) is 1. The fourth-order valence-electron chi connectivity index (χ4n) is 5.18. The molecule has 1 amide bonds. The molecule has 1 aliphatic heterocycles. The minimum Gasteiger partial charge on any atom is -0.495 e. The Morgan fingerprint density at radius 2 is 1.54 bits per heavy atom. The summed E-state index contributed by atoms with van der Waals surface area (Å²) in [4.78, 5) is 29.1. The summed E-state index contributed by atoms with van der Waals surface area (Å²) in [5.74, 6) is -0.192. The molecule has 3 aromatic rings. The van der Waals surface area contributed by atoms with Crippen LogP contribution in [-0.2, 0) is 9.59 Å². The van der Waals surface area contributed by atoms with Crippen LogP contribution in [-0.4, -0.2) is 18.8 Å². The zero-order chi connectivity index (χ0) is 24.7. The Morgan fingerprint density at radius 3 is 2.20 bits per heavy atom. The van der Waals surface area contributed by atoms with Gasteiger partial charge in [0.05, 0.1) is 17.8 Å².